The Kier molecular flexibility index (Phi) is 4.13. The van der Waals surface area contributed by atoms with E-state index in [2.05, 4.69) is 40.8 Å². The van der Waals surface area contributed by atoms with Gasteiger partial charge in [0.1, 0.15) is 0 Å². The largest absolute Gasteiger partial charge is 0.373 e. The van der Waals surface area contributed by atoms with Crippen molar-refractivity contribution in [3.8, 4) is 0 Å². The lowest BCUT2D eigenvalue weighted by atomic mass is 9.87. The Morgan fingerprint density at radius 1 is 1.29 bits per heavy atom. The van der Waals surface area contributed by atoms with Crippen LogP contribution in [0.2, 0.25) is 0 Å². The Bertz CT molecular complexity index is 466. The predicted octanol–water partition coefficient (Wildman–Crippen LogP) is 1.73. The molecule has 0 radical (unpaired) electrons. The van der Waals surface area contributed by atoms with Gasteiger partial charge < -0.3 is 14.5 Å². The number of hydrogen-bond acceptors (Lipinski definition) is 5. The number of rotatable bonds is 3. The van der Waals surface area contributed by atoms with E-state index < -0.39 is 0 Å². The molecule has 0 unspecified atom stereocenters. The molecule has 5 nitrogen and oxygen atoms in total. The van der Waals surface area contributed by atoms with Crippen LogP contribution in [-0.4, -0.2) is 60.3 Å². The first-order chi connectivity index (χ1) is 10.1. The summed E-state index contributed by atoms with van der Waals surface area (Å²) in [6.07, 6.45) is 8.20. The molecule has 1 atom stereocenters. The quantitative estimate of drug-likeness (QED) is 0.848. The summed E-state index contributed by atoms with van der Waals surface area (Å²) in [6, 6.07) is 0.566. The number of likely N-dealkylation sites (N-methyl/N-ethyl adjacent to an activating group) is 1. The molecular weight excluding hydrogens is 264 g/mol. The molecule has 2 saturated heterocycles. The van der Waals surface area contributed by atoms with Gasteiger partial charge in [0.05, 0.1) is 12.2 Å². The summed E-state index contributed by atoms with van der Waals surface area (Å²) in [7, 11) is 4.29. The standard InChI is InChI=1S/C16H26N4O/c1-4-13-10-17-15(18-11-13)20-7-5-16(6-8-20)9-14(12-21-16)19(2)3/h10-11,14H,4-9,12H2,1-3H3/t14-/m1/s1. The topological polar surface area (TPSA) is 41.5 Å². The fraction of sp³-hybridized carbons (Fsp3) is 0.750. The first kappa shape index (κ1) is 14.7. The van der Waals surface area contributed by atoms with Crippen molar-refractivity contribution in [1.82, 2.24) is 14.9 Å². The maximum atomic E-state index is 6.17. The summed E-state index contributed by atoms with van der Waals surface area (Å²) >= 11 is 0. The number of hydrogen-bond donors (Lipinski definition) is 0. The van der Waals surface area contributed by atoms with Crippen molar-refractivity contribution in [2.24, 2.45) is 0 Å². The Hall–Kier alpha value is -1.20. The molecule has 2 aliphatic rings. The van der Waals surface area contributed by atoms with Gasteiger partial charge in [-0.2, -0.15) is 0 Å². The molecule has 21 heavy (non-hydrogen) atoms. The monoisotopic (exact) mass is 290 g/mol. The summed E-state index contributed by atoms with van der Waals surface area (Å²) < 4.78 is 6.17. The van der Waals surface area contributed by atoms with E-state index in [1.54, 1.807) is 0 Å². The SMILES string of the molecule is CCc1cnc(N2CCC3(CC2)C[C@@H](N(C)C)CO3)nc1. The van der Waals surface area contributed by atoms with Crippen LogP contribution in [0.3, 0.4) is 0 Å². The molecule has 116 valence electrons. The third-order valence-corrected chi connectivity index (χ3v) is 4.98. The van der Waals surface area contributed by atoms with E-state index in [1.165, 1.54) is 5.56 Å². The summed E-state index contributed by atoms with van der Waals surface area (Å²) in [5, 5.41) is 0. The molecular formula is C16H26N4O. The van der Waals surface area contributed by atoms with Gasteiger partial charge in [0, 0.05) is 31.5 Å². The Morgan fingerprint density at radius 3 is 2.48 bits per heavy atom. The lowest BCUT2D eigenvalue weighted by Crippen LogP contribution is -2.45. The Balaban J connectivity index is 1.60. The maximum absolute atomic E-state index is 6.17. The lowest BCUT2D eigenvalue weighted by molar-refractivity contribution is -0.0157. The van der Waals surface area contributed by atoms with Crippen LogP contribution >= 0.6 is 0 Å². The van der Waals surface area contributed by atoms with Gasteiger partial charge in [0.25, 0.3) is 0 Å². The molecule has 0 N–H and O–H groups in total. The van der Waals surface area contributed by atoms with Gasteiger partial charge in [0.2, 0.25) is 5.95 Å². The smallest absolute Gasteiger partial charge is 0.225 e. The Labute approximate surface area is 127 Å². The van der Waals surface area contributed by atoms with Crippen LogP contribution in [0.25, 0.3) is 0 Å². The molecule has 1 spiro atoms. The molecule has 0 saturated carbocycles. The summed E-state index contributed by atoms with van der Waals surface area (Å²) in [4.78, 5) is 13.6. The lowest BCUT2D eigenvalue weighted by Gasteiger charge is -2.38. The summed E-state index contributed by atoms with van der Waals surface area (Å²) in [5.41, 5.74) is 1.29. The van der Waals surface area contributed by atoms with Crippen LogP contribution in [0.15, 0.2) is 12.4 Å². The van der Waals surface area contributed by atoms with Gasteiger partial charge in [0.15, 0.2) is 0 Å². The zero-order valence-electron chi connectivity index (χ0n) is 13.4. The fourth-order valence-corrected chi connectivity index (χ4v) is 3.31. The molecule has 0 bridgehead atoms. The fourth-order valence-electron chi connectivity index (χ4n) is 3.31. The molecule has 3 rings (SSSR count). The number of ether oxygens (including phenoxy) is 1. The van der Waals surface area contributed by atoms with Crippen molar-refractivity contribution in [1.29, 1.82) is 0 Å². The molecule has 5 heteroatoms. The predicted molar refractivity (Wildman–Crippen MR) is 83.6 cm³/mol. The van der Waals surface area contributed by atoms with Crippen LogP contribution in [0, 0.1) is 0 Å². The maximum Gasteiger partial charge on any atom is 0.225 e. The number of nitrogens with zero attached hydrogens (tertiary/aromatic N) is 4. The van der Waals surface area contributed by atoms with E-state index in [1.807, 2.05) is 12.4 Å². The average molecular weight is 290 g/mol. The van der Waals surface area contributed by atoms with Crippen molar-refractivity contribution in [3.05, 3.63) is 18.0 Å². The average Bonchev–Trinajstić information content (AvgIpc) is 2.92. The number of piperidine rings is 1. The number of aryl methyl sites for hydroxylation is 1. The Morgan fingerprint density at radius 2 is 1.95 bits per heavy atom. The number of anilines is 1. The minimum absolute atomic E-state index is 0.0921. The van der Waals surface area contributed by atoms with E-state index >= 15 is 0 Å². The highest BCUT2D eigenvalue weighted by Gasteiger charge is 2.43. The van der Waals surface area contributed by atoms with Crippen molar-refractivity contribution >= 4 is 5.95 Å². The second-order valence-corrected chi connectivity index (χ2v) is 6.55. The van der Waals surface area contributed by atoms with E-state index in [9.17, 15) is 0 Å². The van der Waals surface area contributed by atoms with Crippen LogP contribution < -0.4 is 4.90 Å². The van der Waals surface area contributed by atoms with Gasteiger partial charge in [-0.25, -0.2) is 9.97 Å². The first-order valence-electron chi connectivity index (χ1n) is 7.98. The highest BCUT2D eigenvalue weighted by atomic mass is 16.5. The molecule has 3 heterocycles. The van der Waals surface area contributed by atoms with Gasteiger partial charge >= 0.3 is 0 Å². The highest BCUT2D eigenvalue weighted by Crippen LogP contribution is 2.37. The minimum atomic E-state index is 0.0921. The van der Waals surface area contributed by atoms with Crippen LogP contribution in [0.1, 0.15) is 31.7 Å². The van der Waals surface area contributed by atoms with Gasteiger partial charge in [-0.3, -0.25) is 0 Å². The normalized spacial score (nSPS) is 25.0. The van der Waals surface area contributed by atoms with E-state index in [-0.39, 0.29) is 5.60 Å². The zero-order valence-corrected chi connectivity index (χ0v) is 13.4. The van der Waals surface area contributed by atoms with E-state index in [4.69, 9.17) is 4.74 Å². The molecule has 0 amide bonds. The summed E-state index contributed by atoms with van der Waals surface area (Å²) in [6.45, 7) is 4.98. The van der Waals surface area contributed by atoms with Crippen LogP contribution in [0.5, 0.6) is 0 Å². The molecule has 0 aromatic carbocycles. The molecule has 0 aliphatic carbocycles. The van der Waals surface area contributed by atoms with E-state index in [0.29, 0.717) is 6.04 Å². The van der Waals surface area contributed by atoms with Crippen molar-refractivity contribution in [2.45, 2.75) is 44.2 Å². The highest BCUT2D eigenvalue weighted by molar-refractivity contribution is 5.31. The van der Waals surface area contributed by atoms with Crippen LogP contribution in [-0.2, 0) is 11.2 Å². The minimum Gasteiger partial charge on any atom is -0.373 e. The van der Waals surface area contributed by atoms with Crippen molar-refractivity contribution in [3.63, 3.8) is 0 Å². The first-order valence-corrected chi connectivity index (χ1v) is 7.98. The second-order valence-electron chi connectivity index (χ2n) is 6.55. The zero-order chi connectivity index (χ0) is 14.9. The second kappa shape index (κ2) is 5.89. The molecule has 1 aromatic heterocycles. The van der Waals surface area contributed by atoms with Gasteiger partial charge in [-0.1, -0.05) is 6.92 Å². The summed E-state index contributed by atoms with van der Waals surface area (Å²) in [5.74, 6) is 0.865. The third kappa shape index (κ3) is 3.04. The van der Waals surface area contributed by atoms with E-state index in [0.717, 1.165) is 51.3 Å². The van der Waals surface area contributed by atoms with Gasteiger partial charge in [-0.05, 0) is 45.3 Å². The van der Waals surface area contributed by atoms with Gasteiger partial charge in [-0.15, -0.1) is 0 Å². The molecule has 1 aromatic rings. The molecule has 2 aliphatic heterocycles. The van der Waals surface area contributed by atoms with Crippen molar-refractivity contribution < 1.29 is 4.74 Å². The third-order valence-electron chi connectivity index (χ3n) is 4.98. The molecule has 2 fully saturated rings. The number of aromatic nitrogens is 2. The van der Waals surface area contributed by atoms with Crippen molar-refractivity contribution in [2.75, 3.05) is 38.7 Å². The van der Waals surface area contributed by atoms with Crippen LogP contribution in [0.4, 0.5) is 5.95 Å².